The lowest BCUT2D eigenvalue weighted by molar-refractivity contribution is 0.673. The van der Waals surface area contributed by atoms with Crippen molar-refractivity contribution in [2.24, 2.45) is 0 Å². The lowest BCUT2D eigenvalue weighted by atomic mass is 10.0. The Balaban J connectivity index is 1.03. The Morgan fingerprint density at radius 2 is 0.688 bits per heavy atom. The van der Waals surface area contributed by atoms with E-state index < -0.39 is 0 Å². The molecule has 0 spiro atoms. The number of rotatable bonds is 7. The van der Waals surface area contributed by atoms with Crippen molar-refractivity contribution in [2.75, 3.05) is 4.90 Å². The minimum Gasteiger partial charge on any atom is -0.452 e. The van der Waals surface area contributed by atoms with Crippen LogP contribution in [0.2, 0.25) is 0 Å². The summed E-state index contributed by atoms with van der Waals surface area (Å²) in [6.07, 6.45) is 0. The smallest absolute Gasteiger partial charge is 0.160 e. The van der Waals surface area contributed by atoms with Crippen molar-refractivity contribution in [3.8, 4) is 33.6 Å². The van der Waals surface area contributed by atoms with Gasteiger partial charge in [0, 0.05) is 60.8 Å². The minimum absolute atomic E-state index is 0.872. The van der Waals surface area contributed by atoms with Crippen LogP contribution >= 0.6 is 0 Å². The van der Waals surface area contributed by atoms with Gasteiger partial charge in [0.15, 0.2) is 11.2 Å². The summed E-state index contributed by atoms with van der Waals surface area (Å²) < 4.78 is 12.1. The zero-order valence-electron chi connectivity index (χ0n) is 34.8. The molecule has 0 aliphatic heterocycles. The highest BCUT2D eigenvalue weighted by Crippen LogP contribution is 2.45. The van der Waals surface area contributed by atoms with E-state index in [1.54, 1.807) is 0 Å². The van der Waals surface area contributed by atoms with Gasteiger partial charge in [-0.05, 0) is 101 Å². The predicted molar refractivity (Wildman–Crippen MR) is 268 cm³/mol. The molecule has 0 aliphatic carbocycles. The number of fused-ring (bicyclic) bond motifs is 11. The number of anilines is 3. The molecule has 3 aromatic heterocycles. The molecule has 0 atom stereocenters. The Labute approximate surface area is 369 Å². The maximum absolute atomic E-state index is 7.32. The van der Waals surface area contributed by atoms with Gasteiger partial charge in [0.05, 0.1) is 22.1 Å². The van der Waals surface area contributed by atoms with Gasteiger partial charge in [0.2, 0.25) is 0 Å². The zero-order chi connectivity index (χ0) is 42.1. The van der Waals surface area contributed by atoms with Gasteiger partial charge >= 0.3 is 0 Å². The Morgan fingerprint density at radius 3 is 1.20 bits per heavy atom. The van der Waals surface area contributed by atoms with Crippen LogP contribution in [0.5, 0.6) is 0 Å². The van der Waals surface area contributed by atoms with Gasteiger partial charge in [-0.3, -0.25) is 0 Å². The highest BCUT2D eigenvalue weighted by Gasteiger charge is 2.23. The van der Waals surface area contributed by atoms with Gasteiger partial charge in [-0.15, -0.1) is 0 Å². The van der Waals surface area contributed by atoms with Gasteiger partial charge in [-0.1, -0.05) is 158 Å². The third-order valence-corrected chi connectivity index (χ3v) is 12.9. The van der Waals surface area contributed by atoms with Gasteiger partial charge in [0.25, 0.3) is 0 Å². The van der Waals surface area contributed by atoms with Crippen LogP contribution in [-0.2, 0) is 0 Å². The Bertz CT molecular complexity index is 3780. The Kier molecular flexibility index (Phi) is 8.18. The molecular formula is C60H39N3O. The van der Waals surface area contributed by atoms with Gasteiger partial charge in [0.1, 0.15) is 0 Å². The van der Waals surface area contributed by atoms with E-state index in [0.717, 1.165) is 77.8 Å². The summed E-state index contributed by atoms with van der Waals surface area (Å²) in [5, 5.41) is 6.89. The SMILES string of the molecule is c1ccc(-c2ccc(N(c3ccc(-c4ccccc4)cc3)c3cccc(-n4c5ccccc5c5ccc6c7ccc8c9ccccc9n(-c9ccccc9)c8c7oc6c54)c3)cc2)cc1. The molecule has 13 aromatic rings. The summed E-state index contributed by atoms with van der Waals surface area (Å²) in [5.41, 5.74) is 16.3. The molecule has 4 nitrogen and oxygen atoms in total. The van der Waals surface area contributed by atoms with Gasteiger partial charge in [-0.2, -0.15) is 0 Å². The molecule has 0 aliphatic rings. The summed E-state index contributed by atoms with van der Waals surface area (Å²) in [6.45, 7) is 0. The van der Waals surface area contributed by atoms with E-state index >= 15 is 0 Å². The van der Waals surface area contributed by atoms with Crippen LogP contribution in [-0.4, -0.2) is 9.13 Å². The van der Waals surface area contributed by atoms with Crippen molar-refractivity contribution in [2.45, 2.75) is 0 Å². The van der Waals surface area contributed by atoms with Crippen LogP contribution in [0.15, 0.2) is 241 Å². The first-order chi connectivity index (χ1) is 31.8. The molecule has 0 fully saturated rings. The third kappa shape index (κ3) is 5.63. The third-order valence-electron chi connectivity index (χ3n) is 12.9. The molecule has 0 unspecified atom stereocenters. The highest BCUT2D eigenvalue weighted by atomic mass is 16.3. The summed E-state index contributed by atoms with van der Waals surface area (Å²) in [4.78, 5) is 2.36. The van der Waals surface area contributed by atoms with Crippen LogP contribution < -0.4 is 4.90 Å². The van der Waals surface area contributed by atoms with E-state index in [1.807, 2.05) is 0 Å². The average Bonchev–Trinajstić information content (AvgIpc) is 4.04. The number of benzene rings is 10. The van der Waals surface area contributed by atoms with Crippen molar-refractivity contribution >= 4 is 82.6 Å². The van der Waals surface area contributed by atoms with E-state index in [4.69, 9.17) is 4.42 Å². The Morgan fingerprint density at radius 1 is 0.281 bits per heavy atom. The first kappa shape index (κ1) is 36.1. The van der Waals surface area contributed by atoms with Crippen molar-refractivity contribution in [1.29, 1.82) is 0 Å². The normalized spacial score (nSPS) is 11.8. The van der Waals surface area contributed by atoms with Crippen molar-refractivity contribution in [3.63, 3.8) is 0 Å². The van der Waals surface area contributed by atoms with E-state index in [0.29, 0.717) is 0 Å². The lowest BCUT2D eigenvalue weighted by Crippen LogP contribution is -2.10. The topological polar surface area (TPSA) is 26.2 Å². The van der Waals surface area contributed by atoms with Gasteiger partial charge in [-0.25, -0.2) is 0 Å². The predicted octanol–water partition coefficient (Wildman–Crippen LogP) is 16.6. The minimum atomic E-state index is 0.872. The fraction of sp³-hybridized carbons (Fsp3) is 0. The summed E-state index contributed by atoms with van der Waals surface area (Å²) in [5.74, 6) is 0. The average molecular weight is 818 g/mol. The first-order valence-electron chi connectivity index (χ1n) is 21.8. The quantitative estimate of drug-likeness (QED) is 0.160. The molecule has 0 saturated carbocycles. The zero-order valence-corrected chi connectivity index (χ0v) is 34.8. The summed E-state index contributed by atoms with van der Waals surface area (Å²) in [7, 11) is 0. The van der Waals surface area contributed by atoms with Crippen LogP contribution in [0.25, 0.3) is 99.2 Å². The number of para-hydroxylation sites is 3. The van der Waals surface area contributed by atoms with E-state index in [2.05, 4.69) is 251 Å². The number of hydrogen-bond donors (Lipinski definition) is 0. The van der Waals surface area contributed by atoms with Crippen LogP contribution in [0.1, 0.15) is 0 Å². The first-order valence-corrected chi connectivity index (χ1v) is 21.8. The van der Waals surface area contributed by atoms with Crippen LogP contribution in [0.4, 0.5) is 17.1 Å². The molecule has 300 valence electrons. The lowest BCUT2D eigenvalue weighted by Gasteiger charge is -2.26. The van der Waals surface area contributed by atoms with Gasteiger partial charge < -0.3 is 18.5 Å². The molecule has 64 heavy (non-hydrogen) atoms. The number of furan rings is 1. The fourth-order valence-electron chi connectivity index (χ4n) is 9.99. The second kappa shape index (κ2) is 14.5. The fourth-order valence-corrected chi connectivity index (χ4v) is 9.99. The molecule has 0 bridgehead atoms. The van der Waals surface area contributed by atoms with Crippen molar-refractivity contribution in [1.82, 2.24) is 9.13 Å². The van der Waals surface area contributed by atoms with Crippen molar-refractivity contribution in [3.05, 3.63) is 237 Å². The van der Waals surface area contributed by atoms with E-state index in [-0.39, 0.29) is 0 Å². The number of hydrogen-bond acceptors (Lipinski definition) is 2. The number of aromatic nitrogens is 2. The van der Waals surface area contributed by atoms with Crippen LogP contribution in [0, 0.1) is 0 Å². The standard InChI is InChI=1S/C60H39N3O/c1-4-15-40(16-5-1)42-27-31-45(32-28-42)61(46-33-29-43(30-34-46)41-17-6-2-7-18-41)47-21-14-22-48(39-47)63-56-26-13-11-24-50(56)52-36-38-54-53-37-35-51-49-23-10-12-25-55(49)62(44-19-8-3-9-20-44)57(51)59(53)64-60(54)58(52)63/h1-39H. The number of nitrogens with zero attached hydrogens (tertiary/aromatic N) is 3. The molecule has 0 N–H and O–H groups in total. The molecule has 13 rings (SSSR count). The van der Waals surface area contributed by atoms with E-state index in [9.17, 15) is 0 Å². The van der Waals surface area contributed by atoms with Crippen molar-refractivity contribution < 1.29 is 4.42 Å². The molecule has 0 amide bonds. The second-order valence-corrected chi connectivity index (χ2v) is 16.5. The molecule has 0 saturated heterocycles. The molecule has 4 heteroatoms. The second-order valence-electron chi connectivity index (χ2n) is 16.5. The maximum atomic E-state index is 7.32. The molecule has 0 radical (unpaired) electrons. The molecular weight excluding hydrogens is 779 g/mol. The summed E-state index contributed by atoms with van der Waals surface area (Å²) >= 11 is 0. The summed E-state index contributed by atoms with van der Waals surface area (Å²) in [6, 6.07) is 84.9. The molecule has 10 aromatic carbocycles. The monoisotopic (exact) mass is 817 g/mol. The highest BCUT2D eigenvalue weighted by molar-refractivity contribution is 6.26. The largest absolute Gasteiger partial charge is 0.452 e. The Hall–Kier alpha value is -8.60. The van der Waals surface area contributed by atoms with E-state index in [1.165, 1.54) is 38.4 Å². The van der Waals surface area contributed by atoms with Crippen LogP contribution in [0.3, 0.4) is 0 Å². The maximum Gasteiger partial charge on any atom is 0.160 e. The molecule has 3 heterocycles.